The van der Waals surface area contributed by atoms with Crippen molar-refractivity contribution in [3.05, 3.63) is 36.5 Å². The predicted molar refractivity (Wildman–Crippen MR) is 66.7 cm³/mol. The quantitative estimate of drug-likeness (QED) is 0.771. The lowest BCUT2D eigenvalue weighted by atomic mass is 10.3. The van der Waals surface area contributed by atoms with E-state index in [-0.39, 0.29) is 0 Å². The van der Waals surface area contributed by atoms with Crippen LogP contribution in [0.15, 0.2) is 30.9 Å². The molecule has 2 aromatic heterocycles. The summed E-state index contributed by atoms with van der Waals surface area (Å²) >= 11 is 0. The normalized spacial score (nSPS) is 10.4. The Morgan fingerprint density at radius 1 is 1.24 bits per heavy atom. The van der Waals surface area contributed by atoms with Crippen LogP contribution < -0.4 is 5.32 Å². The summed E-state index contributed by atoms with van der Waals surface area (Å²) in [7, 11) is 0. The summed E-state index contributed by atoms with van der Waals surface area (Å²) < 4.78 is 2.09. The Morgan fingerprint density at radius 2 is 2.18 bits per heavy atom. The van der Waals surface area contributed by atoms with Gasteiger partial charge >= 0.3 is 0 Å². The van der Waals surface area contributed by atoms with Crippen LogP contribution in [0.25, 0.3) is 0 Å². The number of unbranched alkanes of at least 4 members (excludes halogenated alkanes) is 1. The van der Waals surface area contributed by atoms with Crippen molar-refractivity contribution in [1.82, 2.24) is 19.7 Å². The SMILES string of the molecule is Cc1ccc(NCCCCn2ccnc2)nn1. The highest BCUT2D eigenvalue weighted by molar-refractivity contribution is 5.32. The first-order valence-electron chi connectivity index (χ1n) is 5.84. The number of nitrogens with one attached hydrogen (secondary N) is 1. The van der Waals surface area contributed by atoms with Crippen molar-refractivity contribution in [3.63, 3.8) is 0 Å². The summed E-state index contributed by atoms with van der Waals surface area (Å²) in [5, 5.41) is 11.3. The Bertz CT molecular complexity index is 421. The second kappa shape index (κ2) is 5.98. The summed E-state index contributed by atoms with van der Waals surface area (Å²) in [6.45, 7) is 3.87. The van der Waals surface area contributed by atoms with E-state index in [0.29, 0.717) is 0 Å². The molecule has 0 aromatic carbocycles. The van der Waals surface area contributed by atoms with Gasteiger partial charge in [0.2, 0.25) is 0 Å². The van der Waals surface area contributed by atoms with Gasteiger partial charge in [-0.3, -0.25) is 0 Å². The number of nitrogens with zero attached hydrogens (tertiary/aromatic N) is 4. The first kappa shape index (κ1) is 11.6. The fourth-order valence-electron chi connectivity index (χ4n) is 1.55. The van der Waals surface area contributed by atoms with E-state index in [1.807, 2.05) is 31.6 Å². The average molecular weight is 231 g/mol. The van der Waals surface area contributed by atoms with Gasteiger partial charge in [0.25, 0.3) is 0 Å². The van der Waals surface area contributed by atoms with Gasteiger partial charge in [0, 0.05) is 25.5 Å². The zero-order chi connectivity index (χ0) is 11.9. The van der Waals surface area contributed by atoms with Crippen LogP contribution in [0.5, 0.6) is 0 Å². The maximum atomic E-state index is 4.05. The molecule has 0 bridgehead atoms. The molecule has 0 saturated heterocycles. The maximum absolute atomic E-state index is 4.05. The van der Waals surface area contributed by atoms with Crippen molar-refractivity contribution in [2.24, 2.45) is 0 Å². The topological polar surface area (TPSA) is 55.6 Å². The van der Waals surface area contributed by atoms with Gasteiger partial charge in [0.15, 0.2) is 0 Å². The van der Waals surface area contributed by atoms with Crippen LogP contribution in [0.1, 0.15) is 18.5 Å². The van der Waals surface area contributed by atoms with Crippen LogP contribution >= 0.6 is 0 Å². The zero-order valence-electron chi connectivity index (χ0n) is 10.0. The Balaban J connectivity index is 1.61. The van der Waals surface area contributed by atoms with Gasteiger partial charge in [0.1, 0.15) is 5.82 Å². The highest BCUT2D eigenvalue weighted by Gasteiger charge is 1.94. The molecule has 0 atom stereocenters. The standard InChI is InChI=1S/C12H17N5/c1-11-4-5-12(16-15-11)14-6-2-3-8-17-9-7-13-10-17/h4-5,7,9-10H,2-3,6,8H2,1H3,(H,14,16). The van der Waals surface area contributed by atoms with Gasteiger partial charge in [-0.15, -0.1) is 5.10 Å². The lowest BCUT2D eigenvalue weighted by Crippen LogP contribution is -2.05. The van der Waals surface area contributed by atoms with Crippen LogP contribution in [0.4, 0.5) is 5.82 Å². The van der Waals surface area contributed by atoms with Crippen molar-refractivity contribution in [2.45, 2.75) is 26.3 Å². The van der Waals surface area contributed by atoms with Gasteiger partial charge in [-0.1, -0.05) is 0 Å². The van der Waals surface area contributed by atoms with E-state index in [2.05, 4.69) is 25.1 Å². The first-order chi connectivity index (χ1) is 8.34. The molecule has 0 unspecified atom stereocenters. The van der Waals surface area contributed by atoms with Gasteiger partial charge in [-0.2, -0.15) is 5.10 Å². The van der Waals surface area contributed by atoms with Crippen molar-refractivity contribution < 1.29 is 0 Å². The lowest BCUT2D eigenvalue weighted by Gasteiger charge is -2.05. The summed E-state index contributed by atoms with van der Waals surface area (Å²) in [5.74, 6) is 0.846. The minimum atomic E-state index is 0.846. The molecule has 17 heavy (non-hydrogen) atoms. The maximum Gasteiger partial charge on any atom is 0.148 e. The Kier molecular flexibility index (Phi) is 4.07. The number of anilines is 1. The van der Waals surface area contributed by atoms with Crippen molar-refractivity contribution >= 4 is 5.82 Å². The molecule has 0 radical (unpaired) electrons. The number of hydrogen-bond acceptors (Lipinski definition) is 4. The zero-order valence-corrected chi connectivity index (χ0v) is 10.0. The highest BCUT2D eigenvalue weighted by Crippen LogP contribution is 2.02. The summed E-state index contributed by atoms with van der Waals surface area (Å²) in [4.78, 5) is 4.01. The van der Waals surface area contributed by atoms with E-state index in [9.17, 15) is 0 Å². The number of imidazole rings is 1. The van der Waals surface area contributed by atoms with E-state index in [4.69, 9.17) is 0 Å². The fraction of sp³-hybridized carbons (Fsp3) is 0.417. The smallest absolute Gasteiger partial charge is 0.148 e. The summed E-state index contributed by atoms with van der Waals surface area (Å²) in [6, 6.07) is 3.92. The fourth-order valence-corrected chi connectivity index (χ4v) is 1.55. The lowest BCUT2D eigenvalue weighted by molar-refractivity contribution is 0.620. The largest absolute Gasteiger partial charge is 0.369 e. The number of aromatic nitrogens is 4. The molecule has 2 heterocycles. The molecule has 0 aliphatic carbocycles. The van der Waals surface area contributed by atoms with Crippen LogP contribution in [0.3, 0.4) is 0 Å². The van der Waals surface area contributed by atoms with E-state index in [0.717, 1.165) is 37.4 Å². The van der Waals surface area contributed by atoms with E-state index in [1.165, 1.54) is 0 Å². The molecule has 2 aromatic rings. The molecule has 0 fully saturated rings. The van der Waals surface area contributed by atoms with Crippen LogP contribution in [0.2, 0.25) is 0 Å². The molecule has 90 valence electrons. The number of hydrogen-bond donors (Lipinski definition) is 1. The third-order valence-corrected chi connectivity index (χ3v) is 2.51. The number of rotatable bonds is 6. The molecule has 5 nitrogen and oxygen atoms in total. The Labute approximate surface area is 101 Å². The molecule has 0 saturated carbocycles. The van der Waals surface area contributed by atoms with E-state index >= 15 is 0 Å². The third kappa shape index (κ3) is 3.86. The van der Waals surface area contributed by atoms with E-state index in [1.54, 1.807) is 6.20 Å². The van der Waals surface area contributed by atoms with Gasteiger partial charge in [-0.25, -0.2) is 4.98 Å². The minimum absolute atomic E-state index is 0.846. The van der Waals surface area contributed by atoms with Crippen molar-refractivity contribution in [1.29, 1.82) is 0 Å². The van der Waals surface area contributed by atoms with Gasteiger partial charge < -0.3 is 9.88 Å². The van der Waals surface area contributed by atoms with Crippen molar-refractivity contribution in [2.75, 3.05) is 11.9 Å². The van der Waals surface area contributed by atoms with Crippen LogP contribution in [-0.2, 0) is 6.54 Å². The molecule has 0 amide bonds. The second-order valence-corrected chi connectivity index (χ2v) is 3.99. The molecule has 2 rings (SSSR count). The second-order valence-electron chi connectivity index (χ2n) is 3.99. The summed E-state index contributed by atoms with van der Waals surface area (Å²) in [5.41, 5.74) is 0.940. The third-order valence-electron chi connectivity index (χ3n) is 2.51. The first-order valence-corrected chi connectivity index (χ1v) is 5.84. The average Bonchev–Trinajstić information content (AvgIpc) is 2.84. The highest BCUT2D eigenvalue weighted by atomic mass is 15.2. The molecule has 1 N–H and O–H groups in total. The monoisotopic (exact) mass is 231 g/mol. The van der Waals surface area contributed by atoms with Gasteiger partial charge in [-0.05, 0) is 31.9 Å². The molecule has 0 spiro atoms. The van der Waals surface area contributed by atoms with Crippen molar-refractivity contribution in [3.8, 4) is 0 Å². The van der Waals surface area contributed by atoms with Crippen LogP contribution in [-0.4, -0.2) is 26.3 Å². The molecule has 5 heteroatoms. The summed E-state index contributed by atoms with van der Waals surface area (Å²) in [6.07, 6.45) is 7.87. The molecule has 0 aliphatic heterocycles. The Hall–Kier alpha value is -1.91. The predicted octanol–water partition coefficient (Wildman–Crippen LogP) is 1.87. The van der Waals surface area contributed by atoms with E-state index < -0.39 is 0 Å². The molecule has 0 aliphatic rings. The van der Waals surface area contributed by atoms with Gasteiger partial charge in [0.05, 0.1) is 12.0 Å². The van der Waals surface area contributed by atoms with Crippen LogP contribution in [0, 0.1) is 6.92 Å². The Morgan fingerprint density at radius 3 is 2.88 bits per heavy atom. The molecular formula is C12H17N5. The number of aryl methyl sites for hydroxylation is 2. The molecular weight excluding hydrogens is 214 g/mol. The minimum Gasteiger partial charge on any atom is -0.369 e.